The van der Waals surface area contributed by atoms with Gasteiger partial charge in [0.1, 0.15) is 5.15 Å². The Bertz CT molecular complexity index is 389. The van der Waals surface area contributed by atoms with E-state index >= 15 is 0 Å². The molecular formula is C8H7ClF3N3. The molecule has 0 atom stereocenters. The molecule has 1 heterocycles. The Hall–Kier alpha value is -1.30. The van der Waals surface area contributed by atoms with Crippen molar-refractivity contribution in [3.63, 3.8) is 0 Å². The van der Waals surface area contributed by atoms with Gasteiger partial charge < -0.3 is 5.73 Å². The first kappa shape index (κ1) is 11.8. The molecule has 82 valence electrons. The van der Waals surface area contributed by atoms with Gasteiger partial charge in [-0.15, -0.1) is 0 Å². The quantitative estimate of drug-likeness (QED) is 0.471. The van der Waals surface area contributed by atoms with E-state index in [4.69, 9.17) is 22.7 Å². The van der Waals surface area contributed by atoms with Gasteiger partial charge in [0, 0.05) is 12.6 Å². The van der Waals surface area contributed by atoms with E-state index in [1.807, 2.05) is 0 Å². The lowest BCUT2D eigenvalue weighted by Crippen LogP contribution is -2.14. The molecule has 0 saturated heterocycles. The van der Waals surface area contributed by atoms with E-state index in [2.05, 4.69) is 4.98 Å². The van der Waals surface area contributed by atoms with E-state index in [0.29, 0.717) is 6.20 Å². The van der Waals surface area contributed by atoms with Crippen LogP contribution in [0, 0.1) is 5.41 Å². The molecule has 3 nitrogen and oxygen atoms in total. The maximum atomic E-state index is 12.3. The Morgan fingerprint density at radius 2 is 2.13 bits per heavy atom. The standard InChI is InChI=1S/C8H7ClF3N3/c9-7-4(2-6(13)14)1-5(3-15-7)8(10,11)12/h1,3H,2H2,(H3,13,14). The number of alkyl halides is 3. The van der Waals surface area contributed by atoms with Gasteiger partial charge in [0.05, 0.1) is 11.4 Å². The molecule has 7 heteroatoms. The molecule has 0 radical (unpaired) electrons. The molecular weight excluding hydrogens is 231 g/mol. The van der Waals surface area contributed by atoms with Gasteiger partial charge in [0.25, 0.3) is 0 Å². The van der Waals surface area contributed by atoms with Crippen LogP contribution >= 0.6 is 11.6 Å². The van der Waals surface area contributed by atoms with E-state index in [1.54, 1.807) is 0 Å². The van der Waals surface area contributed by atoms with Crippen LogP contribution in [-0.4, -0.2) is 10.8 Å². The molecule has 0 aromatic carbocycles. The highest BCUT2D eigenvalue weighted by molar-refractivity contribution is 6.30. The average molecular weight is 238 g/mol. The lowest BCUT2D eigenvalue weighted by Gasteiger charge is -2.08. The summed E-state index contributed by atoms with van der Waals surface area (Å²) in [5.41, 5.74) is 4.26. The minimum atomic E-state index is -4.47. The molecule has 0 aliphatic rings. The summed E-state index contributed by atoms with van der Waals surface area (Å²) in [6.07, 6.45) is -3.97. The minimum absolute atomic E-state index is 0.0711. The molecule has 15 heavy (non-hydrogen) atoms. The molecule has 0 spiro atoms. The van der Waals surface area contributed by atoms with Crippen molar-refractivity contribution in [2.45, 2.75) is 12.6 Å². The zero-order chi connectivity index (χ0) is 11.6. The summed E-state index contributed by atoms with van der Waals surface area (Å²) in [5, 5.41) is 6.89. The lowest BCUT2D eigenvalue weighted by atomic mass is 10.1. The van der Waals surface area contributed by atoms with E-state index < -0.39 is 11.7 Å². The van der Waals surface area contributed by atoms with E-state index in [-0.39, 0.29) is 23.0 Å². The number of hydrogen-bond acceptors (Lipinski definition) is 2. The second kappa shape index (κ2) is 4.06. The van der Waals surface area contributed by atoms with Crippen molar-refractivity contribution in [2.75, 3.05) is 0 Å². The predicted octanol–water partition coefficient (Wildman–Crippen LogP) is 2.23. The van der Waals surface area contributed by atoms with Gasteiger partial charge in [-0.25, -0.2) is 4.98 Å². The number of aromatic nitrogens is 1. The van der Waals surface area contributed by atoms with Crippen molar-refractivity contribution in [2.24, 2.45) is 5.73 Å². The molecule has 0 bridgehead atoms. The molecule has 0 aliphatic heterocycles. The molecule has 1 aromatic rings. The van der Waals surface area contributed by atoms with E-state index in [9.17, 15) is 13.2 Å². The highest BCUT2D eigenvalue weighted by Crippen LogP contribution is 2.30. The number of pyridine rings is 1. The first-order valence-electron chi connectivity index (χ1n) is 3.85. The number of hydrogen-bond donors (Lipinski definition) is 2. The molecule has 1 aromatic heterocycles. The van der Waals surface area contributed by atoms with Gasteiger partial charge in [0.2, 0.25) is 0 Å². The molecule has 0 aliphatic carbocycles. The molecule has 1 rings (SSSR count). The zero-order valence-corrected chi connectivity index (χ0v) is 8.15. The van der Waals surface area contributed by atoms with Crippen LogP contribution in [0.15, 0.2) is 12.3 Å². The fraction of sp³-hybridized carbons (Fsp3) is 0.250. The van der Waals surface area contributed by atoms with Crippen LogP contribution in [0.5, 0.6) is 0 Å². The number of nitrogens with zero attached hydrogens (tertiary/aromatic N) is 1. The lowest BCUT2D eigenvalue weighted by molar-refractivity contribution is -0.137. The van der Waals surface area contributed by atoms with Gasteiger partial charge in [0.15, 0.2) is 0 Å². The average Bonchev–Trinajstić information content (AvgIpc) is 2.06. The number of amidine groups is 1. The van der Waals surface area contributed by atoms with Crippen molar-refractivity contribution < 1.29 is 13.2 Å². The summed E-state index contributed by atoms with van der Waals surface area (Å²) < 4.78 is 36.8. The molecule has 0 amide bonds. The van der Waals surface area contributed by atoms with Gasteiger partial charge in [-0.1, -0.05) is 11.6 Å². The van der Waals surface area contributed by atoms with Crippen molar-refractivity contribution in [1.29, 1.82) is 5.41 Å². The van der Waals surface area contributed by atoms with E-state index in [1.165, 1.54) is 0 Å². The molecule has 3 N–H and O–H groups in total. The maximum Gasteiger partial charge on any atom is 0.417 e. The topological polar surface area (TPSA) is 62.8 Å². The van der Waals surface area contributed by atoms with Crippen LogP contribution in [0.4, 0.5) is 13.2 Å². The number of nitrogens with one attached hydrogen (secondary N) is 1. The number of rotatable bonds is 2. The molecule has 0 unspecified atom stereocenters. The fourth-order valence-corrected chi connectivity index (χ4v) is 1.15. The second-order valence-corrected chi connectivity index (χ2v) is 3.23. The highest BCUT2D eigenvalue weighted by Gasteiger charge is 2.31. The second-order valence-electron chi connectivity index (χ2n) is 2.87. The fourth-order valence-electron chi connectivity index (χ4n) is 0.978. The monoisotopic (exact) mass is 237 g/mol. The first-order chi connectivity index (χ1) is 6.80. The number of nitrogens with two attached hydrogens (primary N) is 1. The van der Waals surface area contributed by atoms with Crippen LogP contribution < -0.4 is 5.73 Å². The Kier molecular flexibility index (Phi) is 3.18. The summed E-state index contributed by atoms with van der Waals surface area (Å²) in [6.45, 7) is 0. The summed E-state index contributed by atoms with van der Waals surface area (Å²) in [6, 6.07) is 0.844. The Morgan fingerprint density at radius 1 is 1.53 bits per heavy atom. The predicted molar refractivity (Wildman–Crippen MR) is 49.9 cm³/mol. The van der Waals surface area contributed by atoms with Crippen molar-refractivity contribution >= 4 is 17.4 Å². The summed E-state index contributed by atoms with van der Waals surface area (Å²) >= 11 is 5.56. The third-order valence-corrected chi connectivity index (χ3v) is 1.96. The van der Waals surface area contributed by atoms with Crippen LogP contribution in [0.25, 0.3) is 0 Å². The van der Waals surface area contributed by atoms with Crippen LogP contribution in [-0.2, 0) is 12.6 Å². The zero-order valence-electron chi connectivity index (χ0n) is 7.40. The molecule has 0 saturated carbocycles. The van der Waals surface area contributed by atoms with Crippen molar-refractivity contribution in [3.05, 3.63) is 28.5 Å². The van der Waals surface area contributed by atoms with Crippen LogP contribution in [0.1, 0.15) is 11.1 Å². The van der Waals surface area contributed by atoms with Gasteiger partial charge in [-0.05, 0) is 11.6 Å². The Balaban J connectivity index is 3.11. The summed E-state index contributed by atoms with van der Waals surface area (Å²) in [7, 11) is 0. The normalized spacial score (nSPS) is 11.5. The largest absolute Gasteiger partial charge is 0.417 e. The van der Waals surface area contributed by atoms with Crippen LogP contribution in [0.3, 0.4) is 0 Å². The van der Waals surface area contributed by atoms with E-state index in [0.717, 1.165) is 6.07 Å². The third-order valence-electron chi connectivity index (χ3n) is 1.62. The highest BCUT2D eigenvalue weighted by atomic mass is 35.5. The number of halogens is 4. The Morgan fingerprint density at radius 3 is 2.60 bits per heavy atom. The maximum absolute atomic E-state index is 12.3. The SMILES string of the molecule is N=C(N)Cc1cc(C(F)(F)F)cnc1Cl. The van der Waals surface area contributed by atoms with Crippen LogP contribution in [0.2, 0.25) is 5.15 Å². The third kappa shape index (κ3) is 3.09. The van der Waals surface area contributed by atoms with Crippen molar-refractivity contribution in [1.82, 2.24) is 4.98 Å². The Labute approximate surface area is 88.6 Å². The van der Waals surface area contributed by atoms with Gasteiger partial charge >= 0.3 is 6.18 Å². The van der Waals surface area contributed by atoms with Gasteiger partial charge in [-0.3, -0.25) is 5.41 Å². The van der Waals surface area contributed by atoms with Gasteiger partial charge in [-0.2, -0.15) is 13.2 Å². The van der Waals surface area contributed by atoms with Crippen molar-refractivity contribution in [3.8, 4) is 0 Å². The first-order valence-corrected chi connectivity index (χ1v) is 4.23. The summed E-state index contributed by atoms with van der Waals surface area (Å²) in [5.74, 6) is -0.266. The minimum Gasteiger partial charge on any atom is -0.387 e. The smallest absolute Gasteiger partial charge is 0.387 e. The molecule has 0 fully saturated rings. The summed E-state index contributed by atoms with van der Waals surface area (Å²) in [4.78, 5) is 3.39.